The van der Waals surface area contributed by atoms with Crippen molar-refractivity contribution in [3.63, 3.8) is 0 Å². The molecule has 3 heterocycles. The highest BCUT2D eigenvalue weighted by atomic mass is 16.5. The highest BCUT2D eigenvalue weighted by Gasteiger charge is 2.27. The number of nitrogens with one attached hydrogen (secondary N) is 1. The summed E-state index contributed by atoms with van der Waals surface area (Å²) in [5.41, 5.74) is 0.344. The maximum atomic E-state index is 12.6. The molecule has 1 amide bonds. The van der Waals surface area contributed by atoms with Crippen molar-refractivity contribution in [2.24, 2.45) is 5.92 Å². The van der Waals surface area contributed by atoms with Crippen molar-refractivity contribution in [2.45, 2.75) is 19.3 Å². The number of amides is 1. The van der Waals surface area contributed by atoms with Crippen LogP contribution in [0.5, 0.6) is 5.75 Å². The van der Waals surface area contributed by atoms with Gasteiger partial charge in [-0.3, -0.25) is 4.79 Å². The Morgan fingerprint density at radius 3 is 2.96 bits per heavy atom. The summed E-state index contributed by atoms with van der Waals surface area (Å²) in [6, 6.07) is 10.7. The van der Waals surface area contributed by atoms with Crippen molar-refractivity contribution >= 4 is 5.91 Å². The van der Waals surface area contributed by atoms with E-state index in [0.717, 1.165) is 12.8 Å². The molecule has 0 unspecified atom stereocenters. The molecule has 146 valence electrons. The van der Waals surface area contributed by atoms with Crippen molar-refractivity contribution in [1.82, 2.24) is 19.7 Å². The Bertz CT molecular complexity index is 1010. The van der Waals surface area contributed by atoms with Crippen molar-refractivity contribution in [1.29, 1.82) is 0 Å². The number of carbonyl (C=O) groups excluding carboxylic acids is 1. The number of methoxy groups -OCH3 is 1. The number of para-hydroxylation sites is 2. The third kappa shape index (κ3) is 3.45. The van der Waals surface area contributed by atoms with E-state index < -0.39 is 0 Å². The number of hydrogen-bond acceptors (Lipinski definition) is 5. The largest absolute Gasteiger partial charge is 0.495 e. The van der Waals surface area contributed by atoms with Gasteiger partial charge >= 0.3 is 5.69 Å². The minimum absolute atomic E-state index is 0.0983. The first-order chi connectivity index (χ1) is 13.7. The monoisotopic (exact) mass is 382 g/mol. The number of hydrogen-bond donors (Lipinski definition) is 1. The van der Waals surface area contributed by atoms with E-state index in [0.29, 0.717) is 42.5 Å². The fourth-order valence-electron chi connectivity index (χ4n) is 3.76. The molecular weight excluding hydrogens is 360 g/mol. The molecule has 2 aromatic heterocycles. The molecule has 8 heteroatoms. The van der Waals surface area contributed by atoms with Gasteiger partial charge in [-0.25, -0.2) is 14.5 Å². The lowest BCUT2D eigenvalue weighted by atomic mass is 9.94. The molecule has 8 nitrogen and oxygen atoms in total. The average molecular weight is 382 g/mol. The van der Waals surface area contributed by atoms with E-state index in [-0.39, 0.29) is 17.5 Å². The molecule has 1 aliphatic heterocycles. The molecule has 0 spiro atoms. The average Bonchev–Trinajstić information content (AvgIpc) is 3.38. The Hall–Kier alpha value is -3.29. The molecule has 1 saturated heterocycles. The highest BCUT2D eigenvalue weighted by Crippen LogP contribution is 2.25. The fraction of sp³-hybridized carbons (Fsp3) is 0.350. The summed E-state index contributed by atoms with van der Waals surface area (Å²) in [4.78, 5) is 26.8. The van der Waals surface area contributed by atoms with Crippen LogP contribution in [0.3, 0.4) is 0 Å². The maximum Gasteiger partial charge on any atom is 0.348 e. The lowest BCUT2D eigenvalue weighted by molar-refractivity contribution is 0.0640. The smallest absolute Gasteiger partial charge is 0.348 e. The van der Waals surface area contributed by atoms with E-state index in [1.54, 1.807) is 23.8 Å². The van der Waals surface area contributed by atoms with Gasteiger partial charge in [-0.1, -0.05) is 12.1 Å². The van der Waals surface area contributed by atoms with E-state index in [9.17, 15) is 9.59 Å². The number of aromatic nitrogens is 3. The van der Waals surface area contributed by atoms with E-state index in [1.807, 2.05) is 29.2 Å². The van der Waals surface area contributed by atoms with Gasteiger partial charge in [0.2, 0.25) is 0 Å². The third-order valence-corrected chi connectivity index (χ3v) is 5.08. The molecular formula is C20H22N4O4. The number of rotatable bonds is 5. The Morgan fingerprint density at radius 2 is 2.18 bits per heavy atom. The quantitative estimate of drug-likeness (QED) is 0.731. The SMILES string of the molecule is COc1ccccc1-n1c(C[C@@H]2CCCN(C(=O)c3ccco3)C2)n[nH]c1=O. The van der Waals surface area contributed by atoms with Gasteiger partial charge in [0, 0.05) is 19.5 Å². The predicted octanol–water partition coefficient (Wildman–Crippen LogP) is 2.26. The standard InChI is InChI=1S/C20H22N4O4/c1-27-16-8-3-2-7-15(16)24-18(21-22-20(24)26)12-14-6-4-10-23(13-14)19(25)17-9-5-11-28-17/h2-3,5,7-9,11,14H,4,6,10,12-13H2,1H3,(H,22,26)/t14-/m0/s1. The van der Waals surface area contributed by atoms with Crippen molar-refractivity contribution < 1.29 is 13.9 Å². The van der Waals surface area contributed by atoms with Gasteiger partial charge < -0.3 is 14.1 Å². The second-order valence-electron chi connectivity index (χ2n) is 6.89. The first-order valence-electron chi connectivity index (χ1n) is 9.30. The van der Waals surface area contributed by atoms with Crippen molar-refractivity contribution in [3.05, 3.63) is 64.7 Å². The molecule has 0 aliphatic carbocycles. The van der Waals surface area contributed by atoms with Gasteiger partial charge in [0.1, 0.15) is 11.6 Å². The number of piperidine rings is 1. The number of likely N-dealkylation sites (tertiary alicyclic amines) is 1. The Labute approximate surface area is 161 Å². The Balaban J connectivity index is 1.55. The van der Waals surface area contributed by atoms with Crippen LogP contribution < -0.4 is 10.4 Å². The maximum absolute atomic E-state index is 12.6. The van der Waals surface area contributed by atoms with Gasteiger partial charge in [0.25, 0.3) is 5.91 Å². The Kier molecular flexibility index (Phi) is 5.01. The summed E-state index contributed by atoms with van der Waals surface area (Å²) >= 11 is 0. The van der Waals surface area contributed by atoms with Crippen LogP contribution >= 0.6 is 0 Å². The van der Waals surface area contributed by atoms with Gasteiger partial charge in [0.05, 0.1) is 19.1 Å². The normalized spacial score (nSPS) is 16.9. The first kappa shape index (κ1) is 18.1. The number of aromatic amines is 1. The fourth-order valence-corrected chi connectivity index (χ4v) is 3.76. The van der Waals surface area contributed by atoms with Crippen LogP contribution in [-0.2, 0) is 6.42 Å². The molecule has 1 N–H and O–H groups in total. The van der Waals surface area contributed by atoms with Gasteiger partial charge in [-0.05, 0) is 43.0 Å². The number of nitrogens with zero attached hydrogens (tertiary/aromatic N) is 3. The van der Waals surface area contributed by atoms with E-state index in [2.05, 4.69) is 10.2 Å². The molecule has 4 rings (SSSR count). The van der Waals surface area contributed by atoms with Gasteiger partial charge in [-0.2, -0.15) is 5.10 Å². The Morgan fingerprint density at radius 1 is 1.32 bits per heavy atom. The second-order valence-corrected chi connectivity index (χ2v) is 6.89. The minimum atomic E-state index is -0.307. The summed E-state index contributed by atoms with van der Waals surface area (Å²) in [6.07, 6.45) is 3.96. The van der Waals surface area contributed by atoms with E-state index in [4.69, 9.17) is 9.15 Å². The number of benzene rings is 1. The zero-order chi connectivity index (χ0) is 19.5. The van der Waals surface area contributed by atoms with Crippen molar-refractivity contribution in [2.75, 3.05) is 20.2 Å². The molecule has 0 radical (unpaired) electrons. The van der Waals surface area contributed by atoms with Crippen LogP contribution in [0.4, 0.5) is 0 Å². The van der Waals surface area contributed by atoms with Crippen molar-refractivity contribution in [3.8, 4) is 11.4 Å². The van der Waals surface area contributed by atoms with Crippen LogP contribution in [0.1, 0.15) is 29.2 Å². The minimum Gasteiger partial charge on any atom is -0.495 e. The molecule has 3 aromatic rings. The first-order valence-corrected chi connectivity index (χ1v) is 9.30. The number of ether oxygens (including phenoxy) is 1. The molecule has 0 bridgehead atoms. The third-order valence-electron chi connectivity index (χ3n) is 5.08. The van der Waals surface area contributed by atoms with Crippen LogP contribution in [0.15, 0.2) is 51.9 Å². The molecule has 28 heavy (non-hydrogen) atoms. The number of H-pyrrole nitrogens is 1. The molecule has 1 fully saturated rings. The second kappa shape index (κ2) is 7.75. The lowest BCUT2D eigenvalue weighted by Crippen LogP contribution is -2.40. The lowest BCUT2D eigenvalue weighted by Gasteiger charge is -2.32. The van der Waals surface area contributed by atoms with Gasteiger partial charge in [0.15, 0.2) is 5.76 Å². The zero-order valence-corrected chi connectivity index (χ0v) is 15.6. The molecule has 0 saturated carbocycles. The van der Waals surface area contributed by atoms with Gasteiger partial charge in [-0.15, -0.1) is 0 Å². The topological polar surface area (TPSA) is 93.4 Å². The predicted molar refractivity (Wildman–Crippen MR) is 102 cm³/mol. The van der Waals surface area contributed by atoms with Crippen LogP contribution in [0, 0.1) is 5.92 Å². The zero-order valence-electron chi connectivity index (χ0n) is 15.6. The molecule has 1 atom stereocenters. The van der Waals surface area contributed by atoms with Crippen LogP contribution in [-0.4, -0.2) is 45.8 Å². The summed E-state index contributed by atoms with van der Waals surface area (Å²) in [5.74, 6) is 1.69. The highest BCUT2D eigenvalue weighted by molar-refractivity contribution is 5.91. The number of furan rings is 1. The number of carbonyl (C=O) groups is 1. The van der Waals surface area contributed by atoms with E-state index in [1.165, 1.54) is 6.26 Å². The summed E-state index contributed by atoms with van der Waals surface area (Å²) in [7, 11) is 1.57. The summed E-state index contributed by atoms with van der Waals surface area (Å²) in [5, 5.41) is 6.77. The van der Waals surface area contributed by atoms with Crippen LogP contribution in [0.25, 0.3) is 5.69 Å². The van der Waals surface area contributed by atoms with Crippen LogP contribution in [0.2, 0.25) is 0 Å². The summed E-state index contributed by atoms with van der Waals surface area (Å²) in [6.45, 7) is 1.31. The summed E-state index contributed by atoms with van der Waals surface area (Å²) < 4.78 is 12.2. The van der Waals surface area contributed by atoms with E-state index >= 15 is 0 Å². The molecule has 1 aromatic carbocycles. The molecule has 1 aliphatic rings.